The predicted molar refractivity (Wildman–Crippen MR) is 90.0 cm³/mol. The second-order valence-electron chi connectivity index (χ2n) is 5.68. The first-order chi connectivity index (χ1) is 11.0. The van der Waals surface area contributed by atoms with E-state index in [4.69, 9.17) is 27.9 Å². The summed E-state index contributed by atoms with van der Waals surface area (Å²) in [5, 5.41) is 3.74. The molecule has 126 valence electrons. The molecule has 0 bridgehead atoms. The molecule has 2 rings (SSSR count). The van der Waals surface area contributed by atoms with Gasteiger partial charge in [-0.1, -0.05) is 23.2 Å². The predicted octanol–water partition coefficient (Wildman–Crippen LogP) is 1.79. The highest BCUT2D eigenvalue weighted by Crippen LogP contribution is 2.22. The zero-order valence-electron chi connectivity index (χ0n) is 13.0. The Bertz CT molecular complexity index is 560. The maximum Gasteiger partial charge on any atom is 0.314 e. The molecule has 5 nitrogen and oxygen atoms in total. The number of anilines is 1. The Kier molecular flexibility index (Phi) is 6.69. The Hall–Kier alpha value is -1.30. The van der Waals surface area contributed by atoms with E-state index >= 15 is 0 Å². The number of carbonyl (C=O) groups is 2. The molecule has 0 spiro atoms. The molecule has 0 saturated carbocycles. The third-order valence-electron chi connectivity index (χ3n) is 3.79. The van der Waals surface area contributed by atoms with Gasteiger partial charge >= 0.3 is 5.97 Å². The number of ether oxygens (including phenoxy) is 1. The quantitative estimate of drug-likeness (QED) is 0.788. The highest BCUT2D eigenvalue weighted by molar-refractivity contribution is 6.35. The summed E-state index contributed by atoms with van der Waals surface area (Å²) in [6.45, 7) is 4.00. The fraction of sp³-hybridized carbons (Fsp3) is 0.500. The average molecular weight is 360 g/mol. The molecule has 1 fully saturated rings. The Morgan fingerprint density at radius 3 is 2.65 bits per heavy atom. The first kappa shape index (κ1) is 18.0. The highest BCUT2D eigenvalue weighted by Gasteiger charge is 2.30. The summed E-state index contributed by atoms with van der Waals surface area (Å²) >= 11 is 11.8. The Morgan fingerprint density at radius 2 is 2.00 bits per heavy atom. The van der Waals surface area contributed by atoms with Gasteiger partial charge in [0.2, 0.25) is 0 Å². The molecule has 0 aliphatic carbocycles. The van der Waals surface area contributed by atoms with Crippen LogP contribution in [0.5, 0.6) is 0 Å². The van der Waals surface area contributed by atoms with Gasteiger partial charge in [-0.25, -0.2) is 0 Å². The Morgan fingerprint density at radius 1 is 1.30 bits per heavy atom. The average Bonchev–Trinajstić information content (AvgIpc) is 2.46. The second-order valence-corrected chi connectivity index (χ2v) is 6.55. The molecular weight excluding hydrogens is 339 g/mol. The van der Waals surface area contributed by atoms with Crippen LogP contribution < -0.4 is 10.2 Å². The van der Waals surface area contributed by atoms with Crippen LogP contribution in [0, 0.1) is 5.92 Å². The first-order valence-corrected chi connectivity index (χ1v) is 8.49. The minimum Gasteiger partial charge on any atom is -0.466 e. The molecule has 1 unspecified atom stereocenters. The van der Waals surface area contributed by atoms with Crippen molar-refractivity contribution in [2.24, 2.45) is 5.92 Å². The third-order valence-corrected chi connectivity index (χ3v) is 4.23. The lowest BCUT2D eigenvalue weighted by atomic mass is 9.98. The number of hydrogen-bond donors (Lipinski definition) is 2. The van der Waals surface area contributed by atoms with E-state index in [1.165, 1.54) is 0 Å². The van der Waals surface area contributed by atoms with Gasteiger partial charge in [-0.15, -0.1) is 0 Å². The van der Waals surface area contributed by atoms with Crippen LogP contribution in [0.3, 0.4) is 0 Å². The summed E-state index contributed by atoms with van der Waals surface area (Å²) in [7, 11) is 0. The molecule has 2 N–H and O–H groups in total. The van der Waals surface area contributed by atoms with Crippen molar-refractivity contribution < 1.29 is 19.2 Å². The van der Waals surface area contributed by atoms with Crippen molar-refractivity contribution >= 4 is 40.8 Å². The van der Waals surface area contributed by atoms with Crippen LogP contribution in [-0.2, 0) is 14.3 Å². The summed E-state index contributed by atoms with van der Waals surface area (Å²) in [6, 6.07) is 4.91. The molecule has 1 heterocycles. The largest absolute Gasteiger partial charge is 0.466 e. The number of esters is 1. The molecule has 1 saturated heterocycles. The molecule has 1 aromatic rings. The molecule has 0 aromatic heterocycles. The third kappa shape index (κ3) is 5.68. The second kappa shape index (κ2) is 8.52. The molecule has 2 atom stereocenters. The van der Waals surface area contributed by atoms with E-state index in [9.17, 15) is 9.59 Å². The number of piperidine rings is 1. The molecule has 1 aliphatic heterocycles. The van der Waals surface area contributed by atoms with E-state index in [0.29, 0.717) is 35.4 Å². The standard InChI is InChI=1S/C16H20Cl2N2O3/c1-2-23-16(22)11-4-3-5-20(9-11)10-15(21)19-14-7-12(17)6-13(18)8-14/h6-8,11H,2-5,9-10H2,1H3,(H,19,21)/p+1/t11-/m0/s1. The smallest absolute Gasteiger partial charge is 0.314 e. The normalized spacial score (nSPS) is 20.8. The Balaban J connectivity index is 1.88. The number of carbonyl (C=O) groups excluding carboxylic acids is 2. The van der Waals surface area contributed by atoms with Crippen LogP contribution in [0.15, 0.2) is 18.2 Å². The van der Waals surface area contributed by atoms with Crippen LogP contribution in [0.2, 0.25) is 10.0 Å². The van der Waals surface area contributed by atoms with Crippen molar-refractivity contribution in [1.29, 1.82) is 0 Å². The number of halogens is 2. The van der Waals surface area contributed by atoms with E-state index in [1.54, 1.807) is 25.1 Å². The zero-order chi connectivity index (χ0) is 16.8. The number of hydrogen-bond acceptors (Lipinski definition) is 3. The van der Waals surface area contributed by atoms with Gasteiger partial charge in [0.25, 0.3) is 5.91 Å². The summed E-state index contributed by atoms with van der Waals surface area (Å²) in [5.41, 5.74) is 0.575. The lowest BCUT2D eigenvalue weighted by molar-refractivity contribution is -0.899. The number of benzene rings is 1. The van der Waals surface area contributed by atoms with Crippen LogP contribution in [-0.4, -0.2) is 38.1 Å². The van der Waals surface area contributed by atoms with E-state index < -0.39 is 0 Å². The number of amides is 1. The minimum atomic E-state index is -0.160. The zero-order valence-corrected chi connectivity index (χ0v) is 14.5. The molecule has 23 heavy (non-hydrogen) atoms. The lowest BCUT2D eigenvalue weighted by Crippen LogP contribution is -3.14. The fourth-order valence-electron chi connectivity index (χ4n) is 2.83. The number of quaternary nitrogens is 1. The monoisotopic (exact) mass is 359 g/mol. The summed E-state index contributed by atoms with van der Waals surface area (Å²) in [4.78, 5) is 25.1. The van der Waals surface area contributed by atoms with Gasteiger partial charge in [-0.05, 0) is 38.0 Å². The van der Waals surface area contributed by atoms with E-state index in [-0.39, 0.29) is 17.8 Å². The molecule has 1 aliphatic rings. The van der Waals surface area contributed by atoms with Crippen molar-refractivity contribution in [2.45, 2.75) is 19.8 Å². The highest BCUT2D eigenvalue weighted by atomic mass is 35.5. The van der Waals surface area contributed by atoms with Crippen molar-refractivity contribution in [1.82, 2.24) is 0 Å². The van der Waals surface area contributed by atoms with Gasteiger partial charge in [0.15, 0.2) is 6.54 Å². The van der Waals surface area contributed by atoms with Crippen LogP contribution in [0.25, 0.3) is 0 Å². The summed E-state index contributed by atoms with van der Waals surface area (Å²) < 4.78 is 5.07. The summed E-state index contributed by atoms with van der Waals surface area (Å²) in [6.07, 6.45) is 1.74. The van der Waals surface area contributed by atoms with Gasteiger partial charge in [0.1, 0.15) is 5.92 Å². The fourth-order valence-corrected chi connectivity index (χ4v) is 3.36. The van der Waals surface area contributed by atoms with Crippen molar-refractivity contribution in [3.8, 4) is 0 Å². The topological polar surface area (TPSA) is 59.8 Å². The minimum absolute atomic E-state index is 0.118. The van der Waals surface area contributed by atoms with Crippen molar-refractivity contribution in [3.05, 3.63) is 28.2 Å². The first-order valence-electron chi connectivity index (χ1n) is 7.74. The molecule has 7 heteroatoms. The molecule has 1 amide bonds. The Labute approximate surface area is 145 Å². The molecular formula is C16H21Cl2N2O3+. The number of rotatable bonds is 5. The van der Waals surface area contributed by atoms with Gasteiger partial charge in [0, 0.05) is 15.7 Å². The van der Waals surface area contributed by atoms with E-state index in [1.807, 2.05) is 0 Å². The van der Waals surface area contributed by atoms with E-state index in [2.05, 4.69) is 5.32 Å². The molecule has 0 radical (unpaired) electrons. The number of nitrogens with one attached hydrogen (secondary N) is 2. The van der Waals surface area contributed by atoms with E-state index in [0.717, 1.165) is 24.3 Å². The SMILES string of the molecule is CCOC(=O)[C@H]1CCC[NH+](CC(=O)Nc2cc(Cl)cc(Cl)c2)C1. The summed E-state index contributed by atoms with van der Waals surface area (Å²) in [5.74, 6) is -0.401. The van der Waals surface area contributed by atoms with Crippen molar-refractivity contribution in [2.75, 3.05) is 31.6 Å². The molecule has 1 aromatic carbocycles. The van der Waals surface area contributed by atoms with Crippen LogP contribution in [0.4, 0.5) is 5.69 Å². The van der Waals surface area contributed by atoms with Gasteiger partial charge < -0.3 is 15.0 Å². The van der Waals surface area contributed by atoms with Gasteiger partial charge in [-0.3, -0.25) is 9.59 Å². The van der Waals surface area contributed by atoms with Crippen LogP contribution in [0.1, 0.15) is 19.8 Å². The van der Waals surface area contributed by atoms with Crippen LogP contribution >= 0.6 is 23.2 Å². The number of likely N-dealkylation sites (tertiary alicyclic amines) is 1. The van der Waals surface area contributed by atoms with Gasteiger partial charge in [0.05, 0.1) is 19.7 Å². The van der Waals surface area contributed by atoms with Gasteiger partial charge in [-0.2, -0.15) is 0 Å². The maximum atomic E-state index is 12.2. The maximum absolute atomic E-state index is 12.2. The lowest BCUT2D eigenvalue weighted by Gasteiger charge is -2.28. The van der Waals surface area contributed by atoms with Crippen molar-refractivity contribution in [3.63, 3.8) is 0 Å².